The van der Waals surface area contributed by atoms with Crippen LogP contribution in [0.25, 0.3) is 0 Å². The molecule has 2 rings (SSSR count). The highest BCUT2D eigenvalue weighted by Crippen LogP contribution is 2.64. The lowest BCUT2D eigenvalue weighted by atomic mass is 10.0. The molecule has 1 aromatic heterocycles. The lowest BCUT2D eigenvalue weighted by Gasteiger charge is -2.13. The molecule has 1 N–H and O–H groups in total. The highest BCUT2D eigenvalue weighted by Gasteiger charge is 2.73. The Morgan fingerprint density at radius 3 is 2.22 bits per heavy atom. The summed E-state index contributed by atoms with van der Waals surface area (Å²) in [5.41, 5.74) is -2.66. The predicted octanol–water partition coefficient (Wildman–Crippen LogP) is 3.00. The zero-order valence-electron chi connectivity index (χ0n) is 8.63. The van der Waals surface area contributed by atoms with Gasteiger partial charge in [0, 0.05) is 12.6 Å². The minimum Gasteiger partial charge on any atom is -0.480 e. The van der Waals surface area contributed by atoms with Crippen LogP contribution in [0.15, 0.2) is 18.3 Å². The molecule has 98 valence electrons. The van der Waals surface area contributed by atoms with E-state index in [0.29, 0.717) is 6.20 Å². The van der Waals surface area contributed by atoms with Gasteiger partial charge >= 0.3 is 12.1 Å². The van der Waals surface area contributed by atoms with Gasteiger partial charge in [0.2, 0.25) is 0 Å². The molecule has 1 fully saturated rings. The number of carboxylic acid groups (broad SMARTS) is 1. The van der Waals surface area contributed by atoms with Gasteiger partial charge in [0.25, 0.3) is 0 Å². The van der Waals surface area contributed by atoms with Gasteiger partial charge in [-0.1, -0.05) is 23.2 Å². The maximum absolute atomic E-state index is 12.3. The minimum absolute atomic E-state index is 0.0759. The van der Waals surface area contributed by atoms with Crippen LogP contribution in [-0.2, 0) is 16.4 Å². The molecular formula is C10H6Cl2F3NO2. The van der Waals surface area contributed by atoms with Gasteiger partial charge in [0.1, 0.15) is 9.75 Å². The molecular weight excluding hydrogens is 294 g/mol. The molecule has 18 heavy (non-hydrogen) atoms. The first-order valence-corrected chi connectivity index (χ1v) is 5.52. The van der Waals surface area contributed by atoms with Crippen molar-refractivity contribution in [3.05, 3.63) is 29.6 Å². The van der Waals surface area contributed by atoms with Gasteiger partial charge in [-0.25, -0.2) is 0 Å². The Morgan fingerprint density at radius 1 is 1.39 bits per heavy atom. The summed E-state index contributed by atoms with van der Waals surface area (Å²) < 4.78 is 35.5. The molecule has 3 nitrogen and oxygen atoms in total. The lowest BCUT2D eigenvalue weighted by Crippen LogP contribution is -2.27. The molecule has 1 saturated carbocycles. The largest absolute Gasteiger partial charge is 0.480 e. The summed E-state index contributed by atoms with van der Waals surface area (Å²) >= 11 is 11.5. The average molecular weight is 300 g/mol. The van der Waals surface area contributed by atoms with Crippen LogP contribution in [0.3, 0.4) is 0 Å². The van der Waals surface area contributed by atoms with Crippen molar-refractivity contribution < 1.29 is 23.1 Å². The van der Waals surface area contributed by atoms with Gasteiger partial charge in [0.15, 0.2) is 0 Å². The van der Waals surface area contributed by atoms with Crippen LogP contribution in [-0.4, -0.2) is 20.4 Å². The molecule has 0 bridgehead atoms. The Bertz CT molecular complexity index is 501. The fourth-order valence-electron chi connectivity index (χ4n) is 1.72. The van der Waals surface area contributed by atoms with Crippen molar-refractivity contribution in [2.24, 2.45) is 0 Å². The zero-order chi connectivity index (χ0) is 13.8. The number of aromatic nitrogens is 1. The van der Waals surface area contributed by atoms with Crippen LogP contribution in [0.5, 0.6) is 0 Å². The van der Waals surface area contributed by atoms with E-state index in [-0.39, 0.29) is 12.1 Å². The number of nitrogens with zero attached hydrogens (tertiary/aromatic N) is 1. The Kier molecular flexibility index (Phi) is 2.79. The van der Waals surface area contributed by atoms with E-state index in [1.807, 2.05) is 0 Å². The van der Waals surface area contributed by atoms with E-state index in [0.717, 1.165) is 12.1 Å². The third kappa shape index (κ3) is 1.83. The van der Waals surface area contributed by atoms with Crippen LogP contribution in [0, 0.1) is 0 Å². The summed E-state index contributed by atoms with van der Waals surface area (Å²) in [6.07, 6.45) is -4.04. The van der Waals surface area contributed by atoms with E-state index < -0.39 is 27.5 Å². The summed E-state index contributed by atoms with van der Waals surface area (Å²) in [5.74, 6) is -1.31. The van der Waals surface area contributed by atoms with Gasteiger partial charge in [-0.3, -0.25) is 9.78 Å². The van der Waals surface area contributed by atoms with E-state index in [4.69, 9.17) is 28.3 Å². The normalized spacial score (nSPS) is 25.8. The number of aliphatic carboxylic acids is 1. The maximum Gasteiger partial charge on any atom is 0.417 e. The average Bonchev–Trinajstić information content (AvgIpc) is 2.82. The molecule has 1 aliphatic rings. The highest BCUT2D eigenvalue weighted by atomic mass is 35.5. The van der Waals surface area contributed by atoms with Gasteiger partial charge in [0.05, 0.1) is 11.3 Å². The van der Waals surface area contributed by atoms with Crippen molar-refractivity contribution >= 4 is 29.2 Å². The van der Waals surface area contributed by atoms with Gasteiger partial charge in [-0.05, 0) is 12.1 Å². The fraction of sp³-hybridized carbons (Fsp3) is 0.400. The number of pyridine rings is 1. The molecule has 1 aromatic rings. The molecule has 1 unspecified atom stereocenters. The van der Waals surface area contributed by atoms with Crippen molar-refractivity contribution in [1.82, 2.24) is 4.98 Å². The molecule has 1 atom stereocenters. The number of alkyl halides is 5. The van der Waals surface area contributed by atoms with Crippen molar-refractivity contribution in [3.8, 4) is 0 Å². The summed E-state index contributed by atoms with van der Waals surface area (Å²) in [5, 5.41) is 9.09. The third-order valence-corrected chi connectivity index (χ3v) is 3.79. The van der Waals surface area contributed by atoms with Gasteiger partial charge < -0.3 is 5.11 Å². The molecule has 0 radical (unpaired) electrons. The third-order valence-electron chi connectivity index (χ3n) is 2.88. The summed E-state index contributed by atoms with van der Waals surface area (Å²) in [7, 11) is 0. The second kappa shape index (κ2) is 3.74. The van der Waals surface area contributed by atoms with Crippen molar-refractivity contribution in [1.29, 1.82) is 0 Å². The highest BCUT2D eigenvalue weighted by molar-refractivity contribution is 6.54. The Balaban J connectivity index is 2.39. The van der Waals surface area contributed by atoms with E-state index in [2.05, 4.69) is 4.98 Å². The van der Waals surface area contributed by atoms with E-state index in [9.17, 15) is 18.0 Å². The maximum atomic E-state index is 12.3. The summed E-state index contributed by atoms with van der Waals surface area (Å²) in [6, 6.07) is 1.75. The molecule has 0 saturated heterocycles. The van der Waals surface area contributed by atoms with Crippen molar-refractivity contribution in [3.63, 3.8) is 0 Å². The van der Waals surface area contributed by atoms with Gasteiger partial charge in [-0.2, -0.15) is 13.2 Å². The van der Waals surface area contributed by atoms with E-state index >= 15 is 0 Å². The number of rotatable bonds is 2. The summed E-state index contributed by atoms with van der Waals surface area (Å²) in [4.78, 5) is 14.7. The lowest BCUT2D eigenvalue weighted by molar-refractivity contribution is -0.140. The SMILES string of the molecule is O=C(O)C1(c2ccc(C(F)(F)F)cn2)CC1(Cl)Cl. The molecule has 0 aliphatic heterocycles. The quantitative estimate of drug-likeness (QED) is 0.854. The first-order valence-electron chi connectivity index (χ1n) is 4.76. The molecule has 0 amide bonds. The smallest absolute Gasteiger partial charge is 0.417 e. The molecule has 1 heterocycles. The molecule has 8 heteroatoms. The second-order valence-corrected chi connectivity index (χ2v) is 5.51. The van der Waals surface area contributed by atoms with Crippen LogP contribution >= 0.6 is 23.2 Å². The molecule has 0 spiro atoms. The minimum atomic E-state index is -4.52. The van der Waals surface area contributed by atoms with Crippen LogP contribution in [0.2, 0.25) is 0 Å². The Hall–Kier alpha value is -1.01. The van der Waals surface area contributed by atoms with Gasteiger partial charge in [-0.15, -0.1) is 0 Å². The number of carbonyl (C=O) groups is 1. The van der Waals surface area contributed by atoms with Crippen LogP contribution in [0.1, 0.15) is 17.7 Å². The number of hydrogen-bond donors (Lipinski definition) is 1. The number of hydrogen-bond acceptors (Lipinski definition) is 2. The van der Waals surface area contributed by atoms with Crippen molar-refractivity contribution in [2.75, 3.05) is 0 Å². The number of carboxylic acids is 1. The monoisotopic (exact) mass is 299 g/mol. The topological polar surface area (TPSA) is 50.2 Å². The van der Waals surface area contributed by atoms with Crippen LogP contribution in [0.4, 0.5) is 13.2 Å². The first kappa shape index (κ1) is 13.4. The standard InChI is InChI=1S/C10H6Cl2F3NO2/c11-9(12)4-8(9,7(17)18)6-2-1-5(3-16-6)10(13,14)15/h1-3H,4H2,(H,17,18). The van der Waals surface area contributed by atoms with Crippen LogP contribution < -0.4 is 0 Å². The molecule has 1 aliphatic carbocycles. The first-order chi connectivity index (χ1) is 8.11. The Labute approximate surface area is 110 Å². The van der Waals surface area contributed by atoms with E-state index in [1.165, 1.54) is 0 Å². The fourth-order valence-corrected chi connectivity index (χ4v) is 2.48. The zero-order valence-corrected chi connectivity index (χ0v) is 10.1. The molecule has 0 aromatic carbocycles. The number of halogens is 5. The summed E-state index contributed by atoms with van der Waals surface area (Å²) in [6.45, 7) is 0. The Morgan fingerprint density at radius 2 is 1.94 bits per heavy atom. The van der Waals surface area contributed by atoms with Crippen molar-refractivity contribution in [2.45, 2.75) is 22.3 Å². The second-order valence-electron chi connectivity index (χ2n) is 4.02. The predicted molar refractivity (Wildman–Crippen MR) is 57.6 cm³/mol. The van der Waals surface area contributed by atoms with E-state index in [1.54, 1.807) is 0 Å².